The number of nitrogens with two attached hydrogens (primary N) is 1. The molecule has 0 radical (unpaired) electrons. The summed E-state index contributed by atoms with van der Waals surface area (Å²) in [4.78, 5) is 15.7. The smallest absolute Gasteiger partial charge is 0.253 e. The zero-order valence-electron chi connectivity index (χ0n) is 9.40. The van der Waals surface area contributed by atoms with E-state index in [2.05, 4.69) is 20.5 Å². The fourth-order valence-corrected chi connectivity index (χ4v) is 1.44. The van der Waals surface area contributed by atoms with Gasteiger partial charge in [-0.1, -0.05) is 0 Å². The Bertz CT molecular complexity index is 534. The molecule has 6 nitrogen and oxygen atoms in total. The summed E-state index contributed by atoms with van der Waals surface area (Å²) in [7, 11) is 0. The Balaban J connectivity index is 2.04. The zero-order valence-corrected chi connectivity index (χ0v) is 9.40. The van der Waals surface area contributed by atoms with Crippen LogP contribution in [0.1, 0.15) is 21.6 Å². The molecule has 0 saturated heterocycles. The Morgan fingerprint density at radius 1 is 1.53 bits per heavy atom. The summed E-state index contributed by atoms with van der Waals surface area (Å²) >= 11 is 0. The second-order valence-electron chi connectivity index (χ2n) is 3.67. The number of nitrogens with zero attached hydrogens (tertiary/aromatic N) is 2. The molecule has 2 aromatic heterocycles. The van der Waals surface area contributed by atoms with Gasteiger partial charge in [0.2, 0.25) is 0 Å². The number of hydrogen-bond donors (Lipinski definition) is 3. The molecule has 2 rings (SSSR count). The molecule has 17 heavy (non-hydrogen) atoms. The minimum Gasteiger partial charge on any atom is -0.397 e. The van der Waals surface area contributed by atoms with Crippen molar-refractivity contribution in [3.8, 4) is 0 Å². The lowest BCUT2D eigenvalue weighted by Crippen LogP contribution is -2.24. The number of H-pyrrole nitrogens is 1. The summed E-state index contributed by atoms with van der Waals surface area (Å²) in [5, 5.41) is 9.46. The van der Waals surface area contributed by atoms with Crippen LogP contribution in [0.5, 0.6) is 0 Å². The maximum Gasteiger partial charge on any atom is 0.253 e. The number of aromatic amines is 1. The van der Waals surface area contributed by atoms with Crippen molar-refractivity contribution in [3.63, 3.8) is 0 Å². The molecule has 0 saturated carbocycles. The Hall–Kier alpha value is -2.37. The largest absolute Gasteiger partial charge is 0.397 e. The van der Waals surface area contributed by atoms with Crippen LogP contribution >= 0.6 is 0 Å². The highest BCUT2D eigenvalue weighted by molar-refractivity contribution is 5.98. The quantitative estimate of drug-likeness (QED) is 0.721. The van der Waals surface area contributed by atoms with E-state index in [-0.39, 0.29) is 5.91 Å². The highest BCUT2D eigenvalue weighted by Crippen LogP contribution is 2.09. The van der Waals surface area contributed by atoms with E-state index >= 15 is 0 Å². The molecule has 0 bridgehead atoms. The summed E-state index contributed by atoms with van der Waals surface area (Å²) in [6.45, 7) is 2.32. The molecule has 1 amide bonds. The second kappa shape index (κ2) is 4.65. The number of aromatic nitrogens is 3. The van der Waals surface area contributed by atoms with Crippen LogP contribution < -0.4 is 11.1 Å². The first-order valence-electron chi connectivity index (χ1n) is 5.15. The SMILES string of the molecule is Cc1[nH]ncc1CNC(=O)c1ccncc1N. The van der Waals surface area contributed by atoms with E-state index < -0.39 is 0 Å². The first kappa shape index (κ1) is 11.1. The van der Waals surface area contributed by atoms with E-state index in [0.717, 1.165) is 11.3 Å². The third-order valence-corrected chi connectivity index (χ3v) is 2.47. The topological polar surface area (TPSA) is 96.7 Å². The van der Waals surface area contributed by atoms with Crippen molar-refractivity contribution in [1.29, 1.82) is 0 Å². The van der Waals surface area contributed by atoms with Crippen molar-refractivity contribution in [3.05, 3.63) is 41.5 Å². The molecule has 4 N–H and O–H groups in total. The first-order valence-corrected chi connectivity index (χ1v) is 5.15. The van der Waals surface area contributed by atoms with Gasteiger partial charge in [-0.05, 0) is 13.0 Å². The predicted octanol–water partition coefficient (Wildman–Crippen LogP) is 0.625. The number of rotatable bonds is 3. The molecule has 6 heteroatoms. The van der Waals surface area contributed by atoms with Gasteiger partial charge in [0.05, 0.1) is 23.6 Å². The number of nitrogen functional groups attached to an aromatic ring is 1. The lowest BCUT2D eigenvalue weighted by molar-refractivity contribution is 0.0951. The molecule has 0 atom stereocenters. The van der Waals surface area contributed by atoms with E-state index in [1.165, 1.54) is 12.4 Å². The van der Waals surface area contributed by atoms with Crippen LogP contribution in [0.15, 0.2) is 24.7 Å². The third-order valence-electron chi connectivity index (χ3n) is 2.47. The number of amides is 1. The fourth-order valence-electron chi connectivity index (χ4n) is 1.44. The third kappa shape index (κ3) is 2.41. The van der Waals surface area contributed by atoms with Gasteiger partial charge in [0.1, 0.15) is 0 Å². The van der Waals surface area contributed by atoms with Gasteiger partial charge in [0.15, 0.2) is 0 Å². The summed E-state index contributed by atoms with van der Waals surface area (Å²) in [6, 6.07) is 1.59. The molecule has 2 heterocycles. The van der Waals surface area contributed by atoms with Crippen LogP contribution in [0.4, 0.5) is 5.69 Å². The highest BCUT2D eigenvalue weighted by Gasteiger charge is 2.09. The average molecular weight is 231 g/mol. The van der Waals surface area contributed by atoms with Gasteiger partial charge in [0, 0.05) is 24.0 Å². The number of aryl methyl sites for hydroxylation is 1. The van der Waals surface area contributed by atoms with Crippen molar-refractivity contribution >= 4 is 11.6 Å². The number of carbonyl (C=O) groups is 1. The van der Waals surface area contributed by atoms with Crippen molar-refractivity contribution < 1.29 is 4.79 Å². The fraction of sp³-hybridized carbons (Fsp3) is 0.182. The van der Waals surface area contributed by atoms with E-state index in [0.29, 0.717) is 17.8 Å². The standard InChI is InChI=1S/C11H13N5O/c1-7-8(5-15-16-7)4-14-11(17)9-2-3-13-6-10(9)12/h2-3,5-6H,4,12H2,1H3,(H,14,17)(H,15,16). The molecule has 0 spiro atoms. The van der Waals surface area contributed by atoms with Crippen molar-refractivity contribution in [2.24, 2.45) is 0 Å². The van der Waals surface area contributed by atoms with E-state index in [4.69, 9.17) is 5.73 Å². The lowest BCUT2D eigenvalue weighted by Gasteiger charge is -2.06. The van der Waals surface area contributed by atoms with E-state index in [1.807, 2.05) is 6.92 Å². The van der Waals surface area contributed by atoms with Crippen molar-refractivity contribution in [2.75, 3.05) is 5.73 Å². The van der Waals surface area contributed by atoms with Crippen LogP contribution in [0.3, 0.4) is 0 Å². The van der Waals surface area contributed by atoms with Gasteiger partial charge in [-0.25, -0.2) is 0 Å². The number of carbonyl (C=O) groups excluding carboxylic acids is 1. The second-order valence-corrected chi connectivity index (χ2v) is 3.67. The molecule has 0 aliphatic carbocycles. The van der Waals surface area contributed by atoms with Gasteiger partial charge >= 0.3 is 0 Å². The molecule has 0 aliphatic heterocycles. The number of hydrogen-bond acceptors (Lipinski definition) is 4. The molecule has 0 aromatic carbocycles. The van der Waals surface area contributed by atoms with Crippen LogP contribution in [-0.4, -0.2) is 21.1 Å². The van der Waals surface area contributed by atoms with Gasteiger partial charge in [-0.3, -0.25) is 14.9 Å². The van der Waals surface area contributed by atoms with Crippen LogP contribution in [0, 0.1) is 6.92 Å². The Morgan fingerprint density at radius 2 is 2.35 bits per heavy atom. The number of pyridine rings is 1. The molecule has 88 valence electrons. The van der Waals surface area contributed by atoms with Crippen LogP contribution in [-0.2, 0) is 6.54 Å². The zero-order chi connectivity index (χ0) is 12.3. The van der Waals surface area contributed by atoms with E-state index in [9.17, 15) is 4.79 Å². The monoisotopic (exact) mass is 231 g/mol. The molecule has 0 aliphatic rings. The summed E-state index contributed by atoms with van der Waals surface area (Å²) in [5.41, 5.74) is 8.35. The van der Waals surface area contributed by atoms with Gasteiger partial charge < -0.3 is 11.1 Å². The van der Waals surface area contributed by atoms with Gasteiger partial charge in [0.25, 0.3) is 5.91 Å². The minimum atomic E-state index is -0.217. The summed E-state index contributed by atoms with van der Waals surface area (Å²) < 4.78 is 0. The van der Waals surface area contributed by atoms with Crippen molar-refractivity contribution in [1.82, 2.24) is 20.5 Å². The summed E-state index contributed by atoms with van der Waals surface area (Å²) in [6.07, 6.45) is 4.68. The Kier molecular flexibility index (Phi) is 3.04. The molecular formula is C11H13N5O. The van der Waals surface area contributed by atoms with Crippen LogP contribution in [0.2, 0.25) is 0 Å². The minimum absolute atomic E-state index is 0.217. The summed E-state index contributed by atoms with van der Waals surface area (Å²) in [5.74, 6) is -0.217. The predicted molar refractivity (Wildman–Crippen MR) is 63.1 cm³/mol. The maximum atomic E-state index is 11.8. The lowest BCUT2D eigenvalue weighted by atomic mass is 10.2. The van der Waals surface area contributed by atoms with Crippen LogP contribution in [0.25, 0.3) is 0 Å². The normalized spacial score (nSPS) is 10.2. The van der Waals surface area contributed by atoms with Gasteiger partial charge in [-0.2, -0.15) is 5.10 Å². The highest BCUT2D eigenvalue weighted by atomic mass is 16.1. The number of nitrogens with one attached hydrogen (secondary N) is 2. The Morgan fingerprint density at radius 3 is 3.00 bits per heavy atom. The van der Waals surface area contributed by atoms with E-state index in [1.54, 1.807) is 12.3 Å². The number of anilines is 1. The molecule has 0 unspecified atom stereocenters. The van der Waals surface area contributed by atoms with Crippen molar-refractivity contribution in [2.45, 2.75) is 13.5 Å². The molecule has 0 fully saturated rings. The van der Waals surface area contributed by atoms with Gasteiger partial charge in [-0.15, -0.1) is 0 Å². The molecular weight excluding hydrogens is 218 g/mol. The Labute approximate surface area is 98.3 Å². The molecule has 2 aromatic rings. The average Bonchev–Trinajstić information content (AvgIpc) is 2.72. The maximum absolute atomic E-state index is 11.8. The first-order chi connectivity index (χ1) is 8.18.